The van der Waals surface area contributed by atoms with Gasteiger partial charge in [0.05, 0.1) is 6.61 Å². The predicted molar refractivity (Wildman–Crippen MR) is 126 cm³/mol. The topological polar surface area (TPSA) is 111 Å². The number of hydrogen-bond donors (Lipinski definition) is 1. The highest BCUT2D eigenvalue weighted by Crippen LogP contribution is 2.42. The Bertz CT molecular complexity index is 919. The number of ether oxygens (including phenoxy) is 7. The van der Waals surface area contributed by atoms with E-state index < -0.39 is 60.4 Å². The number of fused-ring (bicyclic) bond motifs is 1. The van der Waals surface area contributed by atoms with Crippen molar-refractivity contribution in [2.45, 2.75) is 103 Å². The predicted octanol–water partition coefficient (Wildman–Crippen LogP) is 3.27. The first-order valence-electron chi connectivity index (χ1n) is 12.4. The van der Waals surface area contributed by atoms with Crippen molar-refractivity contribution in [2.75, 3.05) is 6.61 Å². The molecule has 200 valence electrons. The largest absolute Gasteiger partial charge is 0.455 e. The standard InChI is InChI=1S/C26H37NO9/c1-15(2)12-17(27-24(29)30-13-16-10-8-7-9-11-16)22(28)32-20-19(18-14-31-25(3,4)34-18)33-23-21(20)35-26(5,6)36-23/h7-11,15,17-21,23H,12-14H2,1-6H3,(H,27,29)/t17-,18-,19+,20+,21-,23-/m0/s1. The van der Waals surface area contributed by atoms with Gasteiger partial charge in [-0.15, -0.1) is 0 Å². The van der Waals surface area contributed by atoms with Gasteiger partial charge in [-0.3, -0.25) is 0 Å². The average Bonchev–Trinajstić information content (AvgIpc) is 3.41. The lowest BCUT2D eigenvalue weighted by molar-refractivity contribution is -0.235. The Morgan fingerprint density at radius 2 is 1.75 bits per heavy atom. The molecule has 3 heterocycles. The molecule has 36 heavy (non-hydrogen) atoms. The Morgan fingerprint density at radius 1 is 1.03 bits per heavy atom. The van der Waals surface area contributed by atoms with Crippen LogP contribution < -0.4 is 5.32 Å². The Kier molecular flexibility index (Phi) is 7.92. The number of nitrogens with one attached hydrogen (secondary N) is 1. The summed E-state index contributed by atoms with van der Waals surface area (Å²) in [6, 6.07) is 8.39. The summed E-state index contributed by atoms with van der Waals surface area (Å²) in [7, 11) is 0. The van der Waals surface area contributed by atoms with E-state index in [2.05, 4.69) is 5.32 Å². The van der Waals surface area contributed by atoms with E-state index in [9.17, 15) is 9.59 Å². The number of rotatable bonds is 8. The van der Waals surface area contributed by atoms with Gasteiger partial charge in [-0.1, -0.05) is 44.2 Å². The monoisotopic (exact) mass is 507 g/mol. The Morgan fingerprint density at radius 3 is 2.39 bits per heavy atom. The van der Waals surface area contributed by atoms with Crippen molar-refractivity contribution < 1.29 is 42.7 Å². The summed E-state index contributed by atoms with van der Waals surface area (Å²) in [5, 5.41) is 2.66. The highest BCUT2D eigenvalue weighted by Gasteiger charge is 2.60. The van der Waals surface area contributed by atoms with Crippen molar-refractivity contribution in [1.29, 1.82) is 0 Å². The molecule has 10 heteroatoms. The molecule has 0 spiro atoms. The molecular formula is C26H37NO9. The molecule has 1 aromatic carbocycles. The summed E-state index contributed by atoms with van der Waals surface area (Å²) in [6.45, 7) is 11.4. The second kappa shape index (κ2) is 10.6. The third kappa shape index (κ3) is 6.54. The minimum absolute atomic E-state index is 0.0908. The van der Waals surface area contributed by atoms with Crippen molar-refractivity contribution in [3.05, 3.63) is 35.9 Å². The molecule has 1 N–H and O–H groups in total. The molecule has 1 amide bonds. The summed E-state index contributed by atoms with van der Waals surface area (Å²) in [6.07, 6.45) is -3.66. The number of hydrogen-bond acceptors (Lipinski definition) is 9. The van der Waals surface area contributed by atoms with E-state index in [1.165, 1.54) is 0 Å². The molecule has 6 atom stereocenters. The lowest BCUT2D eigenvalue weighted by Gasteiger charge is -2.30. The molecule has 3 aliphatic heterocycles. The fourth-order valence-electron chi connectivity index (χ4n) is 4.62. The maximum absolute atomic E-state index is 13.4. The van der Waals surface area contributed by atoms with Gasteiger partial charge in [-0.2, -0.15) is 0 Å². The molecule has 3 fully saturated rings. The molecule has 3 saturated heterocycles. The molecule has 1 aromatic rings. The van der Waals surface area contributed by atoms with Gasteiger partial charge in [0.25, 0.3) is 0 Å². The van der Waals surface area contributed by atoms with Crippen LogP contribution in [0.4, 0.5) is 4.79 Å². The van der Waals surface area contributed by atoms with Crippen LogP contribution in [-0.2, 0) is 44.6 Å². The Balaban J connectivity index is 1.44. The van der Waals surface area contributed by atoms with Crippen LogP contribution in [0.2, 0.25) is 0 Å². The summed E-state index contributed by atoms with van der Waals surface area (Å²) in [5.41, 5.74) is 0.843. The van der Waals surface area contributed by atoms with Crippen LogP contribution in [0.5, 0.6) is 0 Å². The zero-order valence-corrected chi connectivity index (χ0v) is 21.7. The molecule has 3 aliphatic rings. The maximum Gasteiger partial charge on any atom is 0.408 e. The van der Waals surface area contributed by atoms with Crippen LogP contribution in [0.25, 0.3) is 0 Å². The van der Waals surface area contributed by atoms with Gasteiger partial charge in [0.2, 0.25) is 0 Å². The third-order valence-corrected chi connectivity index (χ3v) is 6.17. The molecule has 0 unspecified atom stereocenters. The van der Waals surface area contributed by atoms with Gasteiger partial charge < -0.3 is 38.5 Å². The quantitative estimate of drug-likeness (QED) is 0.530. The molecule has 0 bridgehead atoms. The van der Waals surface area contributed by atoms with Gasteiger partial charge in [0.1, 0.15) is 24.9 Å². The molecule has 0 radical (unpaired) electrons. The lowest BCUT2D eigenvalue weighted by Crippen LogP contribution is -2.49. The number of amides is 1. The number of carbonyl (C=O) groups excluding carboxylic acids is 2. The number of alkyl carbamates (subject to hydrolysis) is 1. The van der Waals surface area contributed by atoms with E-state index in [1.54, 1.807) is 13.8 Å². The minimum atomic E-state index is -0.916. The number of esters is 1. The van der Waals surface area contributed by atoms with Crippen LogP contribution >= 0.6 is 0 Å². The average molecular weight is 508 g/mol. The van der Waals surface area contributed by atoms with Crippen molar-refractivity contribution in [1.82, 2.24) is 5.32 Å². The fraction of sp³-hybridized carbons (Fsp3) is 0.692. The second-order valence-electron chi connectivity index (χ2n) is 10.7. The van der Waals surface area contributed by atoms with Crippen molar-refractivity contribution in [3.63, 3.8) is 0 Å². The number of benzene rings is 1. The van der Waals surface area contributed by atoms with Crippen molar-refractivity contribution >= 4 is 12.1 Å². The third-order valence-electron chi connectivity index (χ3n) is 6.17. The summed E-state index contributed by atoms with van der Waals surface area (Å²) < 4.78 is 41.0. The zero-order chi connectivity index (χ0) is 26.1. The van der Waals surface area contributed by atoms with Crippen LogP contribution in [0.1, 0.15) is 53.5 Å². The van der Waals surface area contributed by atoms with E-state index in [0.717, 1.165) is 5.56 Å². The summed E-state index contributed by atoms with van der Waals surface area (Å²) in [4.78, 5) is 25.9. The van der Waals surface area contributed by atoms with Crippen molar-refractivity contribution in [2.24, 2.45) is 5.92 Å². The first-order valence-corrected chi connectivity index (χ1v) is 12.4. The lowest BCUT2D eigenvalue weighted by atomic mass is 10.0. The second-order valence-corrected chi connectivity index (χ2v) is 10.7. The molecule has 0 aliphatic carbocycles. The van der Waals surface area contributed by atoms with E-state index in [4.69, 9.17) is 33.2 Å². The Hall–Kier alpha value is -2.24. The van der Waals surface area contributed by atoms with Gasteiger partial charge in [0, 0.05) is 0 Å². The van der Waals surface area contributed by atoms with Gasteiger partial charge in [-0.05, 0) is 45.6 Å². The van der Waals surface area contributed by atoms with Crippen LogP contribution in [0, 0.1) is 5.92 Å². The highest BCUT2D eigenvalue weighted by molar-refractivity contribution is 5.81. The van der Waals surface area contributed by atoms with Crippen LogP contribution in [0.3, 0.4) is 0 Å². The van der Waals surface area contributed by atoms with Crippen molar-refractivity contribution in [3.8, 4) is 0 Å². The van der Waals surface area contributed by atoms with E-state index in [0.29, 0.717) is 6.42 Å². The first-order chi connectivity index (χ1) is 16.9. The van der Waals surface area contributed by atoms with Crippen LogP contribution in [-0.4, -0.2) is 67.0 Å². The molecule has 10 nitrogen and oxygen atoms in total. The first kappa shape index (κ1) is 26.8. The normalized spacial score (nSPS) is 31.1. The maximum atomic E-state index is 13.4. The van der Waals surface area contributed by atoms with E-state index in [1.807, 2.05) is 58.0 Å². The fourth-order valence-corrected chi connectivity index (χ4v) is 4.62. The van der Waals surface area contributed by atoms with E-state index in [-0.39, 0.29) is 19.1 Å². The zero-order valence-electron chi connectivity index (χ0n) is 21.7. The summed E-state index contributed by atoms with van der Waals surface area (Å²) in [5.74, 6) is -2.18. The van der Waals surface area contributed by atoms with E-state index >= 15 is 0 Å². The molecular weight excluding hydrogens is 470 g/mol. The summed E-state index contributed by atoms with van der Waals surface area (Å²) >= 11 is 0. The smallest absolute Gasteiger partial charge is 0.408 e. The van der Waals surface area contributed by atoms with Gasteiger partial charge in [0.15, 0.2) is 30.1 Å². The van der Waals surface area contributed by atoms with Gasteiger partial charge in [-0.25, -0.2) is 9.59 Å². The molecule has 0 saturated carbocycles. The Labute approximate surface area is 211 Å². The molecule has 4 rings (SSSR count). The highest BCUT2D eigenvalue weighted by atomic mass is 16.8. The SMILES string of the molecule is CC(C)C[C@H](NC(=O)OCc1ccccc1)C(=O)O[C@H]1[C@@H]2OC(C)(C)O[C@@H]2O[C@@H]1[C@@H]1COC(C)(C)O1. The minimum Gasteiger partial charge on any atom is -0.455 e. The van der Waals surface area contributed by atoms with Crippen LogP contribution in [0.15, 0.2) is 30.3 Å². The van der Waals surface area contributed by atoms with Gasteiger partial charge >= 0.3 is 12.1 Å². The number of carbonyl (C=O) groups is 2. The molecule has 0 aromatic heterocycles.